The van der Waals surface area contributed by atoms with Gasteiger partial charge >= 0.3 is 5.97 Å². The van der Waals surface area contributed by atoms with Gasteiger partial charge in [0.1, 0.15) is 5.75 Å². The lowest BCUT2D eigenvalue weighted by molar-refractivity contribution is -0.133. The summed E-state index contributed by atoms with van der Waals surface area (Å²) in [6.45, 7) is 5.66. The number of ether oxygens (including phenoxy) is 1. The van der Waals surface area contributed by atoms with Crippen LogP contribution in [0.3, 0.4) is 0 Å². The molecule has 3 heteroatoms. The average molecular weight is 234 g/mol. The number of hydrogen-bond donors (Lipinski definition) is 1. The highest BCUT2D eigenvalue weighted by Gasteiger charge is 2.23. The van der Waals surface area contributed by atoms with Gasteiger partial charge in [0.05, 0.1) is 7.11 Å². The maximum Gasteiger partial charge on any atom is 0.332 e. The molecule has 0 bridgehead atoms. The topological polar surface area (TPSA) is 46.5 Å². The van der Waals surface area contributed by atoms with Crippen molar-refractivity contribution in [3.8, 4) is 5.75 Å². The molecule has 0 fully saturated rings. The molecular formula is C14H18O3. The second-order valence-corrected chi connectivity index (χ2v) is 4.89. The third-order valence-corrected chi connectivity index (χ3v) is 2.47. The maximum absolute atomic E-state index is 11.2. The van der Waals surface area contributed by atoms with E-state index in [4.69, 9.17) is 4.74 Å². The molecule has 0 aliphatic carbocycles. The summed E-state index contributed by atoms with van der Waals surface area (Å²) in [5, 5.41) is 9.18. The largest absolute Gasteiger partial charge is 0.497 e. The molecule has 0 heterocycles. The Morgan fingerprint density at radius 1 is 1.24 bits per heavy atom. The number of methoxy groups -OCH3 is 1. The van der Waals surface area contributed by atoms with Gasteiger partial charge in [0.15, 0.2) is 0 Å². The van der Waals surface area contributed by atoms with E-state index in [1.165, 1.54) is 0 Å². The smallest absolute Gasteiger partial charge is 0.332 e. The second kappa shape index (κ2) is 5.04. The van der Waals surface area contributed by atoms with Crippen molar-refractivity contribution in [1.82, 2.24) is 0 Å². The molecule has 92 valence electrons. The van der Waals surface area contributed by atoms with Crippen molar-refractivity contribution in [2.75, 3.05) is 7.11 Å². The molecule has 1 N–H and O–H groups in total. The molecule has 0 aliphatic rings. The van der Waals surface area contributed by atoms with Crippen LogP contribution in [0, 0.1) is 5.41 Å². The van der Waals surface area contributed by atoms with Crippen molar-refractivity contribution in [2.24, 2.45) is 5.41 Å². The number of carbonyl (C=O) groups is 1. The first-order chi connectivity index (χ1) is 7.84. The highest BCUT2D eigenvalue weighted by molar-refractivity contribution is 5.93. The summed E-state index contributed by atoms with van der Waals surface area (Å²) in [6, 6.07) is 7.31. The standard InChI is InChI=1S/C14H18O3/c1-14(2,3)12(13(15)16)9-10-5-7-11(17-4)8-6-10/h5-9H,1-4H3,(H,15,16)/b12-9-. The molecule has 17 heavy (non-hydrogen) atoms. The SMILES string of the molecule is COc1ccc(/C=C(/C(=O)O)C(C)(C)C)cc1. The van der Waals surface area contributed by atoms with E-state index < -0.39 is 5.97 Å². The Bertz CT molecular complexity index is 422. The van der Waals surface area contributed by atoms with Gasteiger partial charge in [-0.1, -0.05) is 32.9 Å². The van der Waals surface area contributed by atoms with Crippen LogP contribution in [-0.2, 0) is 4.79 Å². The third-order valence-electron chi connectivity index (χ3n) is 2.47. The van der Waals surface area contributed by atoms with Gasteiger partial charge in [0.2, 0.25) is 0 Å². The lowest BCUT2D eigenvalue weighted by atomic mass is 9.85. The molecule has 0 atom stereocenters. The normalized spacial score (nSPS) is 12.4. The Morgan fingerprint density at radius 2 is 1.76 bits per heavy atom. The van der Waals surface area contributed by atoms with Crippen molar-refractivity contribution >= 4 is 12.0 Å². The van der Waals surface area contributed by atoms with Crippen LogP contribution in [0.1, 0.15) is 26.3 Å². The highest BCUT2D eigenvalue weighted by atomic mass is 16.5. The van der Waals surface area contributed by atoms with Crippen LogP contribution >= 0.6 is 0 Å². The Kier molecular flexibility index (Phi) is 3.94. The molecule has 3 nitrogen and oxygen atoms in total. The van der Waals surface area contributed by atoms with Crippen LogP contribution in [0.2, 0.25) is 0 Å². The summed E-state index contributed by atoms with van der Waals surface area (Å²) >= 11 is 0. The van der Waals surface area contributed by atoms with E-state index >= 15 is 0 Å². The summed E-state index contributed by atoms with van der Waals surface area (Å²) in [4.78, 5) is 11.2. The summed E-state index contributed by atoms with van der Waals surface area (Å²) in [7, 11) is 1.60. The van der Waals surface area contributed by atoms with E-state index in [1.54, 1.807) is 13.2 Å². The Balaban J connectivity index is 3.09. The highest BCUT2D eigenvalue weighted by Crippen LogP contribution is 2.27. The molecule has 0 radical (unpaired) electrons. The van der Waals surface area contributed by atoms with Gasteiger partial charge < -0.3 is 9.84 Å². The van der Waals surface area contributed by atoms with Crippen molar-refractivity contribution in [3.63, 3.8) is 0 Å². The molecule has 1 aromatic carbocycles. The minimum Gasteiger partial charge on any atom is -0.497 e. The predicted octanol–water partition coefficient (Wildman–Crippen LogP) is 3.21. The van der Waals surface area contributed by atoms with E-state index in [2.05, 4.69) is 0 Å². The summed E-state index contributed by atoms with van der Waals surface area (Å²) in [6.07, 6.45) is 1.70. The minimum absolute atomic E-state index is 0.383. The number of carboxylic acid groups (broad SMARTS) is 1. The van der Waals surface area contributed by atoms with Gasteiger partial charge in [-0.2, -0.15) is 0 Å². The van der Waals surface area contributed by atoms with Crippen LogP contribution < -0.4 is 4.74 Å². The molecule has 0 aromatic heterocycles. The fraction of sp³-hybridized carbons (Fsp3) is 0.357. The zero-order valence-corrected chi connectivity index (χ0v) is 10.7. The molecule has 1 aromatic rings. The minimum atomic E-state index is -0.881. The predicted molar refractivity (Wildman–Crippen MR) is 68.1 cm³/mol. The number of aliphatic carboxylic acids is 1. The van der Waals surface area contributed by atoms with Crippen LogP contribution in [0.5, 0.6) is 5.75 Å². The van der Waals surface area contributed by atoms with E-state index in [-0.39, 0.29) is 5.41 Å². The zero-order chi connectivity index (χ0) is 13.1. The first-order valence-electron chi connectivity index (χ1n) is 5.44. The molecule has 0 aliphatic heterocycles. The van der Waals surface area contributed by atoms with Crippen LogP contribution in [0.25, 0.3) is 6.08 Å². The molecule has 1 rings (SSSR count). The van der Waals surface area contributed by atoms with Gasteiger partial charge in [0, 0.05) is 5.57 Å². The number of carboxylic acids is 1. The Labute approximate surface area is 102 Å². The van der Waals surface area contributed by atoms with E-state index in [0.717, 1.165) is 11.3 Å². The molecule has 0 unspecified atom stereocenters. The molecule has 0 amide bonds. The third kappa shape index (κ3) is 3.63. The van der Waals surface area contributed by atoms with Gasteiger partial charge in [0.25, 0.3) is 0 Å². The Morgan fingerprint density at radius 3 is 2.12 bits per heavy atom. The average Bonchev–Trinajstić information content (AvgIpc) is 2.24. The van der Waals surface area contributed by atoms with E-state index in [0.29, 0.717) is 5.57 Å². The van der Waals surface area contributed by atoms with Crippen LogP contribution in [0.15, 0.2) is 29.8 Å². The first-order valence-corrected chi connectivity index (χ1v) is 5.44. The zero-order valence-electron chi connectivity index (χ0n) is 10.7. The summed E-state index contributed by atoms with van der Waals surface area (Å²) in [5.74, 6) is -0.122. The van der Waals surface area contributed by atoms with Gasteiger partial charge in [-0.15, -0.1) is 0 Å². The van der Waals surface area contributed by atoms with Crippen molar-refractivity contribution < 1.29 is 14.6 Å². The fourth-order valence-corrected chi connectivity index (χ4v) is 1.47. The summed E-state index contributed by atoms with van der Waals surface area (Å²) < 4.78 is 5.05. The van der Waals surface area contributed by atoms with E-state index in [1.807, 2.05) is 45.0 Å². The lowest BCUT2D eigenvalue weighted by Gasteiger charge is -2.19. The number of hydrogen-bond acceptors (Lipinski definition) is 2. The number of benzene rings is 1. The van der Waals surface area contributed by atoms with Gasteiger partial charge in [-0.3, -0.25) is 0 Å². The van der Waals surface area contributed by atoms with Crippen molar-refractivity contribution in [3.05, 3.63) is 35.4 Å². The van der Waals surface area contributed by atoms with Crippen molar-refractivity contribution in [2.45, 2.75) is 20.8 Å². The Hall–Kier alpha value is -1.77. The molecule has 0 saturated carbocycles. The lowest BCUT2D eigenvalue weighted by Crippen LogP contribution is -2.17. The monoisotopic (exact) mass is 234 g/mol. The number of rotatable bonds is 3. The fourth-order valence-electron chi connectivity index (χ4n) is 1.47. The molecular weight excluding hydrogens is 216 g/mol. The molecule has 0 saturated heterocycles. The maximum atomic E-state index is 11.2. The quantitative estimate of drug-likeness (QED) is 0.817. The first kappa shape index (κ1) is 13.3. The summed E-state index contributed by atoms with van der Waals surface area (Å²) in [5.41, 5.74) is 0.868. The molecule has 0 spiro atoms. The van der Waals surface area contributed by atoms with E-state index in [9.17, 15) is 9.90 Å². The van der Waals surface area contributed by atoms with Gasteiger partial charge in [-0.25, -0.2) is 4.79 Å². The van der Waals surface area contributed by atoms with Crippen LogP contribution in [-0.4, -0.2) is 18.2 Å². The second-order valence-electron chi connectivity index (χ2n) is 4.89. The van der Waals surface area contributed by atoms with Crippen LogP contribution in [0.4, 0.5) is 0 Å². The van der Waals surface area contributed by atoms with Gasteiger partial charge in [-0.05, 0) is 29.2 Å². The van der Waals surface area contributed by atoms with Crippen molar-refractivity contribution in [1.29, 1.82) is 0 Å².